The van der Waals surface area contributed by atoms with Crippen molar-refractivity contribution in [1.29, 1.82) is 0 Å². The Bertz CT molecular complexity index is 1370. The Kier molecular flexibility index (Phi) is 8.00. The maximum absolute atomic E-state index is 12.5. The lowest BCUT2D eigenvalue weighted by molar-refractivity contribution is 0.0952. The van der Waals surface area contributed by atoms with Crippen LogP contribution in [0.3, 0.4) is 0 Å². The van der Waals surface area contributed by atoms with E-state index >= 15 is 0 Å². The van der Waals surface area contributed by atoms with Crippen molar-refractivity contribution in [3.63, 3.8) is 0 Å². The van der Waals surface area contributed by atoms with Crippen molar-refractivity contribution in [1.82, 2.24) is 5.43 Å². The van der Waals surface area contributed by atoms with E-state index in [0.717, 1.165) is 21.0 Å². The molecule has 0 aliphatic carbocycles. The van der Waals surface area contributed by atoms with Crippen LogP contribution in [0.15, 0.2) is 88.4 Å². The zero-order valence-electron chi connectivity index (χ0n) is 19.5. The minimum absolute atomic E-state index is 0.363. The van der Waals surface area contributed by atoms with E-state index in [4.69, 9.17) is 14.2 Å². The molecule has 0 aliphatic heterocycles. The Labute approximate surface area is 212 Å². The highest BCUT2D eigenvalue weighted by Gasteiger charge is 2.14. The number of carbonyl (C=O) groups excluding carboxylic acids is 1. The summed E-state index contributed by atoms with van der Waals surface area (Å²) in [5, 5.41) is 6.41. The lowest BCUT2D eigenvalue weighted by Crippen LogP contribution is -2.18. The molecule has 178 valence electrons. The number of nitrogens with one attached hydrogen (secondary N) is 1. The van der Waals surface area contributed by atoms with Gasteiger partial charge in [-0.3, -0.25) is 4.79 Å². The van der Waals surface area contributed by atoms with E-state index in [1.165, 1.54) is 12.5 Å². The molecule has 0 unspecified atom stereocenters. The van der Waals surface area contributed by atoms with Crippen LogP contribution in [0, 0.1) is 0 Å². The molecule has 7 heteroatoms. The van der Waals surface area contributed by atoms with Gasteiger partial charge in [-0.25, -0.2) is 5.43 Å². The van der Waals surface area contributed by atoms with Crippen LogP contribution >= 0.6 is 15.9 Å². The molecule has 4 aromatic carbocycles. The molecule has 0 fully saturated rings. The zero-order valence-corrected chi connectivity index (χ0v) is 21.0. The second-order valence-corrected chi connectivity index (χ2v) is 8.44. The molecule has 0 saturated carbocycles. The second kappa shape index (κ2) is 11.5. The Morgan fingerprint density at radius 2 is 1.74 bits per heavy atom. The molecule has 0 saturated heterocycles. The quantitative estimate of drug-likeness (QED) is 0.201. The summed E-state index contributed by atoms with van der Waals surface area (Å²) < 4.78 is 18.0. The van der Waals surface area contributed by atoms with Crippen LogP contribution in [0.5, 0.6) is 17.2 Å². The summed E-state index contributed by atoms with van der Waals surface area (Å²) in [5.74, 6) is 1.31. The number of rotatable bonds is 9. The van der Waals surface area contributed by atoms with Gasteiger partial charge in [0, 0.05) is 0 Å². The predicted molar refractivity (Wildman–Crippen MR) is 142 cm³/mol. The number of para-hydroxylation sites is 1. The van der Waals surface area contributed by atoms with Crippen molar-refractivity contribution >= 4 is 38.8 Å². The van der Waals surface area contributed by atoms with Crippen LogP contribution in [0.25, 0.3) is 10.8 Å². The molecule has 0 atom stereocenters. The smallest absolute Gasteiger partial charge is 0.275 e. The lowest BCUT2D eigenvalue weighted by Gasteiger charge is -2.15. The van der Waals surface area contributed by atoms with Crippen LogP contribution in [-0.4, -0.2) is 25.8 Å². The molecule has 6 nitrogen and oxygen atoms in total. The molecule has 1 amide bonds. The van der Waals surface area contributed by atoms with Gasteiger partial charge >= 0.3 is 0 Å². The fraction of sp³-hybridized carbons (Fsp3) is 0.143. The molecule has 0 spiro atoms. The summed E-state index contributed by atoms with van der Waals surface area (Å²) in [5.41, 5.74) is 4.76. The van der Waals surface area contributed by atoms with E-state index in [1.807, 2.05) is 37.3 Å². The number of halogens is 1. The van der Waals surface area contributed by atoms with Crippen molar-refractivity contribution in [2.45, 2.75) is 13.5 Å². The monoisotopic (exact) mass is 532 g/mol. The number of carbonyl (C=O) groups is 1. The van der Waals surface area contributed by atoms with Crippen LogP contribution in [0.4, 0.5) is 0 Å². The van der Waals surface area contributed by atoms with Gasteiger partial charge in [0.15, 0.2) is 11.5 Å². The van der Waals surface area contributed by atoms with Gasteiger partial charge < -0.3 is 14.2 Å². The second-order valence-electron chi connectivity index (χ2n) is 7.59. The van der Waals surface area contributed by atoms with Gasteiger partial charge in [0.1, 0.15) is 12.4 Å². The largest absolute Gasteiger partial charge is 0.496 e. The molecule has 0 aliphatic rings. The summed E-state index contributed by atoms with van der Waals surface area (Å²) >= 11 is 3.60. The third-order valence-electron chi connectivity index (χ3n) is 5.31. The highest BCUT2D eigenvalue weighted by molar-refractivity contribution is 9.10. The average Bonchev–Trinajstić information content (AvgIpc) is 2.88. The van der Waals surface area contributed by atoms with Gasteiger partial charge in [0.2, 0.25) is 0 Å². The lowest BCUT2D eigenvalue weighted by atomic mass is 10.1. The average molecular weight is 533 g/mol. The van der Waals surface area contributed by atoms with Gasteiger partial charge in [-0.05, 0) is 69.0 Å². The molecule has 4 rings (SSSR count). The van der Waals surface area contributed by atoms with Gasteiger partial charge in [-0.1, -0.05) is 54.6 Å². The number of benzene rings is 4. The Morgan fingerprint density at radius 1 is 0.971 bits per heavy atom. The van der Waals surface area contributed by atoms with Crippen LogP contribution < -0.4 is 19.6 Å². The highest BCUT2D eigenvalue weighted by atomic mass is 79.9. The molecule has 35 heavy (non-hydrogen) atoms. The number of fused-ring (bicyclic) bond motifs is 1. The van der Waals surface area contributed by atoms with Crippen molar-refractivity contribution in [3.05, 3.63) is 100 Å². The van der Waals surface area contributed by atoms with Gasteiger partial charge in [0.05, 0.1) is 30.0 Å². The van der Waals surface area contributed by atoms with Crippen molar-refractivity contribution < 1.29 is 19.0 Å². The molecule has 4 aromatic rings. The number of ether oxygens (including phenoxy) is 3. The van der Waals surface area contributed by atoms with Gasteiger partial charge in [-0.2, -0.15) is 5.10 Å². The topological polar surface area (TPSA) is 69.2 Å². The minimum Gasteiger partial charge on any atom is -0.496 e. The third-order valence-corrected chi connectivity index (χ3v) is 5.90. The normalized spacial score (nSPS) is 10.9. The minimum atomic E-state index is -0.363. The van der Waals surface area contributed by atoms with E-state index in [9.17, 15) is 4.79 Å². The van der Waals surface area contributed by atoms with E-state index in [-0.39, 0.29) is 5.91 Å². The van der Waals surface area contributed by atoms with E-state index in [1.54, 1.807) is 30.5 Å². The highest BCUT2D eigenvalue weighted by Crippen LogP contribution is 2.37. The Hall–Kier alpha value is -3.84. The van der Waals surface area contributed by atoms with Crippen molar-refractivity contribution in [3.8, 4) is 17.2 Å². The standard InChI is InChI=1S/C28H25BrN2O4/c1-3-34-26-16-19(17-30-31-28(32)23-13-6-7-14-25(23)33-2)15-24(29)27(26)35-18-21-11-8-10-20-9-4-5-12-22(20)21/h4-17H,3,18H2,1-2H3,(H,31,32)/b30-17-. The van der Waals surface area contributed by atoms with Crippen LogP contribution in [0.2, 0.25) is 0 Å². The zero-order chi connectivity index (χ0) is 24.6. The summed E-state index contributed by atoms with van der Waals surface area (Å²) in [4.78, 5) is 12.5. The summed E-state index contributed by atoms with van der Waals surface area (Å²) in [6, 6.07) is 25.0. The van der Waals surface area contributed by atoms with Crippen molar-refractivity contribution in [2.75, 3.05) is 13.7 Å². The predicted octanol–water partition coefficient (Wildman–Crippen LogP) is 6.35. The first-order valence-corrected chi connectivity index (χ1v) is 11.9. The molecule has 1 N–H and O–H groups in total. The van der Waals surface area contributed by atoms with Crippen LogP contribution in [-0.2, 0) is 6.61 Å². The van der Waals surface area contributed by atoms with Crippen molar-refractivity contribution in [2.24, 2.45) is 5.10 Å². The van der Waals surface area contributed by atoms with E-state index < -0.39 is 0 Å². The first-order chi connectivity index (χ1) is 17.1. The molecule has 0 bridgehead atoms. The molecule has 0 heterocycles. The summed E-state index contributed by atoms with van der Waals surface area (Å²) in [6.07, 6.45) is 1.55. The summed E-state index contributed by atoms with van der Waals surface area (Å²) in [6.45, 7) is 2.78. The fourth-order valence-corrected chi connectivity index (χ4v) is 4.27. The van der Waals surface area contributed by atoms with Gasteiger partial charge in [-0.15, -0.1) is 0 Å². The van der Waals surface area contributed by atoms with E-state index in [2.05, 4.69) is 50.7 Å². The number of hydrazone groups is 1. The number of amides is 1. The fourth-order valence-electron chi connectivity index (χ4n) is 3.69. The maximum atomic E-state index is 12.5. The SMILES string of the molecule is CCOc1cc(/C=N\NC(=O)c2ccccc2OC)cc(Br)c1OCc1cccc2ccccc12. The summed E-state index contributed by atoms with van der Waals surface area (Å²) in [7, 11) is 1.52. The van der Waals surface area contributed by atoms with Crippen LogP contribution in [0.1, 0.15) is 28.4 Å². The Balaban J connectivity index is 1.51. The number of methoxy groups -OCH3 is 1. The molecular formula is C28H25BrN2O4. The first kappa shape index (κ1) is 24.3. The molecule has 0 aromatic heterocycles. The molecular weight excluding hydrogens is 508 g/mol. The number of hydrogen-bond donors (Lipinski definition) is 1. The Morgan fingerprint density at radius 3 is 2.57 bits per heavy atom. The first-order valence-electron chi connectivity index (χ1n) is 11.1. The van der Waals surface area contributed by atoms with Gasteiger partial charge in [0.25, 0.3) is 5.91 Å². The number of hydrogen-bond acceptors (Lipinski definition) is 5. The molecule has 0 radical (unpaired) electrons. The maximum Gasteiger partial charge on any atom is 0.275 e. The number of nitrogens with zero attached hydrogens (tertiary/aromatic N) is 1. The van der Waals surface area contributed by atoms with E-state index in [0.29, 0.717) is 36.0 Å². The third kappa shape index (κ3) is 5.81.